The van der Waals surface area contributed by atoms with Crippen LogP contribution in [-0.2, 0) is 16.1 Å². The van der Waals surface area contributed by atoms with Gasteiger partial charge in [-0.3, -0.25) is 9.59 Å². The zero-order chi connectivity index (χ0) is 24.8. The van der Waals surface area contributed by atoms with Crippen LogP contribution in [0.5, 0.6) is 5.75 Å². The maximum atomic E-state index is 13.2. The van der Waals surface area contributed by atoms with Crippen molar-refractivity contribution in [1.29, 1.82) is 0 Å². The van der Waals surface area contributed by atoms with Crippen LogP contribution in [0.4, 0.5) is 0 Å². The molecule has 0 unspecified atom stereocenters. The fraction of sp³-hybridized carbons (Fsp3) is 0.593. The first-order chi connectivity index (χ1) is 16.9. The van der Waals surface area contributed by atoms with Crippen LogP contribution in [0.25, 0.3) is 0 Å². The summed E-state index contributed by atoms with van der Waals surface area (Å²) in [5.41, 5.74) is 0. The van der Waals surface area contributed by atoms with E-state index in [9.17, 15) is 9.59 Å². The lowest BCUT2D eigenvalue weighted by atomic mass is 9.90. The first-order valence-corrected chi connectivity index (χ1v) is 13.7. The number of piperidine rings is 2. The van der Waals surface area contributed by atoms with E-state index in [1.54, 1.807) is 6.20 Å². The molecule has 2 aliphatic rings. The molecule has 2 fully saturated rings. The molecule has 8 heteroatoms. The lowest BCUT2D eigenvalue weighted by Gasteiger charge is -2.39. The van der Waals surface area contributed by atoms with Crippen LogP contribution >= 0.6 is 15.9 Å². The van der Waals surface area contributed by atoms with Gasteiger partial charge in [0.05, 0.1) is 0 Å². The van der Waals surface area contributed by atoms with Crippen molar-refractivity contribution in [1.82, 2.24) is 19.4 Å². The number of carbonyl (C=O) groups is 2. The van der Waals surface area contributed by atoms with E-state index >= 15 is 0 Å². The highest BCUT2D eigenvalue weighted by Crippen LogP contribution is 2.28. The van der Waals surface area contributed by atoms with E-state index in [2.05, 4.69) is 39.3 Å². The molecule has 0 spiro atoms. The molecule has 0 aliphatic carbocycles. The van der Waals surface area contributed by atoms with Crippen LogP contribution in [0.15, 0.2) is 41.1 Å². The second-order valence-corrected chi connectivity index (χ2v) is 10.9. The van der Waals surface area contributed by atoms with Crippen molar-refractivity contribution in [2.45, 2.75) is 70.9 Å². The Morgan fingerprint density at radius 2 is 1.91 bits per heavy atom. The Morgan fingerprint density at radius 3 is 2.66 bits per heavy atom. The van der Waals surface area contributed by atoms with Crippen LogP contribution in [0.1, 0.15) is 64.1 Å². The SMILES string of the molecule is CC(C)c1nccn1CCC(=O)N1CC[C@H](Oc2cccc(Br)c2)[C@@H](CC(=O)N2CCCCC2)C1. The van der Waals surface area contributed by atoms with Crippen LogP contribution in [0.3, 0.4) is 0 Å². The molecule has 4 rings (SSSR count). The number of hydrogen-bond donors (Lipinski definition) is 0. The van der Waals surface area contributed by atoms with Crippen molar-refractivity contribution in [3.8, 4) is 5.75 Å². The topological polar surface area (TPSA) is 67.7 Å². The van der Waals surface area contributed by atoms with E-state index in [4.69, 9.17) is 4.74 Å². The molecule has 0 N–H and O–H groups in total. The van der Waals surface area contributed by atoms with Gasteiger partial charge in [0.15, 0.2) is 0 Å². The predicted molar refractivity (Wildman–Crippen MR) is 139 cm³/mol. The molecule has 1 aromatic heterocycles. The van der Waals surface area contributed by atoms with Gasteiger partial charge in [0.2, 0.25) is 11.8 Å². The Kier molecular flexibility index (Phi) is 8.87. The molecule has 2 atom stereocenters. The Morgan fingerprint density at radius 1 is 1.11 bits per heavy atom. The molecule has 35 heavy (non-hydrogen) atoms. The maximum Gasteiger partial charge on any atom is 0.224 e. The number of hydrogen-bond acceptors (Lipinski definition) is 4. The van der Waals surface area contributed by atoms with Gasteiger partial charge in [-0.1, -0.05) is 35.8 Å². The second-order valence-electron chi connectivity index (χ2n) is 10.0. The highest BCUT2D eigenvalue weighted by Gasteiger charge is 2.35. The summed E-state index contributed by atoms with van der Waals surface area (Å²) in [6.45, 7) is 7.73. The Hall–Kier alpha value is -2.35. The number of aryl methyl sites for hydroxylation is 1. The third kappa shape index (κ3) is 6.87. The molecule has 1 aromatic carbocycles. The van der Waals surface area contributed by atoms with Crippen LogP contribution in [0.2, 0.25) is 0 Å². The number of amides is 2. The first kappa shape index (κ1) is 25.7. The van der Waals surface area contributed by atoms with Crippen LogP contribution < -0.4 is 4.74 Å². The monoisotopic (exact) mass is 544 g/mol. The highest BCUT2D eigenvalue weighted by atomic mass is 79.9. The fourth-order valence-corrected chi connectivity index (χ4v) is 5.56. The Labute approximate surface area is 217 Å². The maximum absolute atomic E-state index is 13.2. The van der Waals surface area contributed by atoms with Gasteiger partial charge in [-0.2, -0.15) is 0 Å². The molecular formula is C27H37BrN4O3. The van der Waals surface area contributed by atoms with Gasteiger partial charge in [0.25, 0.3) is 0 Å². The van der Waals surface area contributed by atoms with E-state index in [0.717, 1.165) is 48.4 Å². The minimum Gasteiger partial charge on any atom is -0.490 e. The molecule has 190 valence electrons. The van der Waals surface area contributed by atoms with Crippen molar-refractivity contribution in [2.24, 2.45) is 5.92 Å². The van der Waals surface area contributed by atoms with Crippen molar-refractivity contribution in [2.75, 3.05) is 26.2 Å². The Bertz CT molecular complexity index is 1000. The number of aromatic nitrogens is 2. The zero-order valence-corrected chi connectivity index (χ0v) is 22.5. The highest BCUT2D eigenvalue weighted by molar-refractivity contribution is 9.10. The van der Waals surface area contributed by atoms with E-state index in [0.29, 0.717) is 38.4 Å². The summed E-state index contributed by atoms with van der Waals surface area (Å²) in [5, 5.41) is 0. The summed E-state index contributed by atoms with van der Waals surface area (Å²) in [6, 6.07) is 7.83. The number of carbonyl (C=O) groups excluding carboxylic acids is 2. The number of benzene rings is 1. The van der Waals surface area contributed by atoms with Gasteiger partial charge < -0.3 is 19.1 Å². The van der Waals surface area contributed by atoms with Crippen molar-refractivity contribution in [3.63, 3.8) is 0 Å². The predicted octanol–water partition coefficient (Wildman–Crippen LogP) is 4.86. The minimum absolute atomic E-state index is 0.0272. The molecule has 7 nitrogen and oxygen atoms in total. The lowest BCUT2D eigenvalue weighted by molar-refractivity contribution is -0.139. The largest absolute Gasteiger partial charge is 0.490 e. The molecule has 2 amide bonds. The summed E-state index contributed by atoms with van der Waals surface area (Å²) in [7, 11) is 0. The smallest absolute Gasteiger partial charge is 0.224 e. The van der Waals surface area contributed by atoms with E-state index in [1.165, 1.54) is 6.42 Å². The third-order valence-electron chi connectivity index (χ3n) is 7.08. The number of ether oxygens (including phenoxy) is 1. The quantitative estimate of drug-likeness (QED) is 0.476. The molecule has 2 saturated heterocycles. The molecule has 0 radical (unpaired) electrons. The van der Waals surface area contributed by atoms with Gasteiger partial charge in [-0.15, -0.1) is 0 Å². The summed E-state index contributed by atoms with van der Waals surface area (Å²) in [6.07, 6.45) is 8.56. The average Bonchev–Trinajstić information content (AvgIpc) is 3.33. The van der Waals surface area contributed by atoms with E-state index in [-0.39, 0.29) is 23.8 Å². The normalized spacial score (nSPS) is 20.8. The second kappa shape index (κ2) is 12.1. The number of likely N-dealkylation sites (tertiary alicyclic amines) is 2. The van der Waals surface area contributed by atoms with Gasteiger partial charge in [-0.25, -0.2) is 4.98 Å². The summed E-state index contributed by atoms with van der Waals surface area (Å²) >= 11 is 3.51. The Balaban J connectivity index is 1.41. The number of nitrogens with zero attached hydrogens (tertiary/aromatic N) is 4. The van der Waals surface area contributed by atoms with Crippen molar-refractivity contribution >= 4 is 27.7 Å². The summed E-state index contributed by atoms with van der Waals surface area (Å²) in [5.74, 6) is 2.40. The number of rotatable bonds is 8. The molecule has 2 aromatic rings. The first-order valence-electron chi connectivity index (χ1n) is 12.9. The summed E-state index contributed by atoms with van der Waals surface area (Å²) < 4.78 is 9.41. The van der Waals surface area contributed by atoms with Crippen molar-refractivity contribution in [3.05, 3.63) is 47.0 Å². The van der Waals surface area contributed by atoms with Crippen molar-refractivity contribution < 1.29 is 14.3 Å². The molecule has 0 bridgehead atoms. The van der Waals surface area contributed by atoms with E-state index in [1.807, 2.05) is 40.3 Å². The number of imidazole rings is 1. The molecule has 2 aliphatic heterocycles. The molecular weight excluding hydrogens is 508 g/mol. The van der Waals surface area contributed by atoms with Gasteiger partial charge in [0.1, 0.15) is 17.7 Å². The number of halogens is 1. The van der Waals surface area contributed by atoms with Crippen LogP contribution in [-0.4, -0.2) is 63.4 Å². The summed E-state index contributed by atoms with van der Waals surface area (Å²) in [4.78, 5) is 34.6. The zero-order valence-electron chi connectivity index (χ0n) is 20.9. The van der Waals surface area contributed by atoms with Gasteiger partial charge in [0, 0.05) is 80.7 Å². The lowest BCUT2D eigenvalue weighted by Crippen LogP contribution is -2.50. The molecule has 0 saturated carbocycles. The van der Waals surface area contributed by atoms with E-state index < -0.39 is 0 Å². The standard InChI is InChI=1S/C27H37BrN4O3/c1-20(2)27-29-11-16-31(27)15-10-25(33)32-14-9-24(35-23-8-6-7-22(28)18-23)21(19-32)17-26(34)30-12-4-3-5-13-30/h6-8,11,16,18,20-21,24H,3-5,9-10,12-15,17,19H2,1-2H3/t21-,24-/m0/s1. The van der Waals surface area contributed by atoms with Gasteiger partial charge in [-0.05, 0) is 37.5 Å². The third-order valence-corrected chi connectivity index (χ3v) is 7.57. The van der Waals surface area contributed by atoms with Crippen LogP contribution in [0, 0.1) is 5.92 Å². The fourth-order valence-electron chi connectivity index (χ4n) is 5.18. The minimum atomic E-state index is -0.0942. The van der Waals surface area contributed by atoms with Gasteiger partial charge >= 0.3 is 0 Å². The molecule has 3 heterocycles. The average molecular weight is 546 g/mol.